The Bertz CT molecular complexity index is 547. The number of rotatable bonds is 8. The van der Waals surface area contributed by atoms with Crippen molar-refractivity contribution in [1.29, 1.82) is 5.26 Å². The van der Waals surface area contributed by atoms with E-state index in [0.29, 0.717) is 23.7 Å². The second kappa shape index (κ2) is 8.59. The summed E-state index contributed by atoms with van der Waals surface area (Å²) in [6, 6.07) is 6.65. The van der Waals surface area contributed by atoms with Gasteiger partial charge in [-0.1, -0.05) is 0 Å². The molecule has 0 heterocycles. The smallest absolute Gasteiger partial charge is 0.306 e. The van der Waals surface area contributed by atoms with Crippen molar-refractivity contribution in [2.24, 2.45) is 0 Å². The van der Waals surface area contributed by atoms with Gasteiger partial charge in [-0.2, -0.15) is 5.26 Å². The summed E-state index contributed by atoms with van der Waals surface area (Å²) in [5.41, 5.74) is 0.438. The number of nitriles is 1. The third-order valence-corrected chi connectivity index (χ3v) is 2.59. The van der Waals surface area contributed by atoms with Crippen LogP contribution in [-0.2, 0) is 14.3 Å². The van der Waals surface area contributed by atoms with Crippen molar-refractivity contribution >= 4 is 11.8 Å². The molecule has 0 fully saturated rings. The number of ether oxygens (including phenoxy) is 3. The molecule has 1 aromatic carbocycles. The van der Waals surface area contributed by atoms with E-state index in [1.807, 2.05) is 6.07 Å². The zero-order chi connectivity index (χ0) is 15.7. The fourth-order valence-electron chi connectivity index (χ4n) is 1.56. The van der Waals surface area contributed by atoms with E-state index >= 15 is 0 Å². The average Bonchev–Trinajstić information content (AvgIpc) is 2.51. The predicted octanol–water partition coefficient (Wildman–Crippen LogP) is 1.86. The van der Waals surface area contributed by atoms with E-state index in [9.17, 15) is 9.59 Å². The number of methoxy groups -OCH3 is 1. The minimum absolute atomic E-state index is 0.0422. The third-order valence-electron chi connectivity index (χ3n) is 2.59. The van der Waals surface area contributed by atoms with Crippen LogP contribution in [0.5, 0.6) is 11.5 Å². The Morgan fingerprint density at radius 1 is 1.24 bits per heavy atom. The Morgan fingerprint density at radius 2 is 2.00 bits per heavy atom. The van der Waals surface area contributed by atoms with E-state index < -0.39 is 5.97 Å². The molecule has 21 heavy (non-hydrogen) atoms. The molecule has 0 aliphatic rings. The number of nitrogens with zero attached hydrogens (tertiary/aromatic N) is 1. The third kappa shape index (κ3) is 5.53. The standard InChI is InChI=1S/C15H17NO5/c1-3-20-15(18)7-5-12(17)10-21-13-6-4-11(9-16)8-14(13)19-2/h4,6,8H,3,5,7,10H2,1-2H3. The summed E-state index contributed by atoms with van der Waals surface area (Å²) in [5, 5.41) is 8.79. The number of Topliss-reactive ketones (excluding diaryl/α,β-unsaturated/α-hetero) is 1. The lowest BCUT2D eigenvalue weighted by molar-refractivity contribution is -0.144. The molecule has 0 aromatic heterocycles. The second-order valence-corrected chi connectivity index (χ2v) is 4.11. The molecule has 0 atom stereocenters. The Labute approximate surface area is 123 Å². The zero-order valence-electron chi connectivity index (χ0n) is 12.0. The van der Waals surface area contributed by atoms with Gasteiger partial charge in [-0.25, -0.2) is 0 Å². The van der Waals surface area contributed by atoms with Crippen LogP contribution >= 0.6 is 0 Å². The quantitative estimate of drug-likeness (QED) is 0.679. The fourth-order valence-corrected chi connectivity index (χ4v) is 1.56. The van der Waals surface area contributed by atoms with Gasteiger partial charge in [0.2, 0.25) is 0 Å². The van der Waals surface area contributed by atoms with Crippen molar-refractivity contribution in [3.63, 3.8) is 0 Å². The normalized spacial score (nSPS) is 9.57. The molecular weight excluding hydrogens is 274 g/mol. The van der Waals surface area contributed by atoms with E-state index in [2.05, 4.69) is 0 Å². The SMILES string of the molecule is CCOC(=O)CCC(=O)COc1ccc(C#N)cc1OC. The molecule has 6 heteroatoms. The van der Waals surface area contributed by atoms with Gasteiger partial charge in [-0.05, 0) is 19.1 Å². The summed E-state index contributed by atoms with van der Waals surface area (Å²) in [6.45, 7) is 1.84. The van der Waals surface area contributed by atoms with Crippen molar-refractivity contribution in [3.05, 3.63) is 23.8 Å². The summed E-state index contributed by atoms with van der Waals surface area (Å²) >= 11 is 0. The van der Waals surface area contributed by atoms with Gasteiger partial charge in [-0.3, -0.25) is 9.59 Å². The molecule has 1 rings (SSSR count). The fraction of sp³-hybridized carbons (Fsp3) is 0.400. The number of carbonyl (C=O) groups excluding carboxylic acids is 2. The summed E-state index contributed by atoms with van der Waals surface area (Å²) in [6.07, 6.45) is 0.109. The molecule has 0 aliphatic carbocycles. The van der Waals surface area contributed by atoms with Gasteiger partial charge in [0.05, 0.1) is 31.8 Å². The van der Waals surface area contributed by atoms with Crippen molar-refractivity contribution in [2.45, 2.75) is 19.8 Å². The monoisotopic (exact) mass is 291 g/mol. The van der Waals surface area contributed by atoms with Crippen molar-refractivity contribution in [3.8, 4) is 17.6 Å². The number of esters is 1. The first-order valence-corrected chi connectivity index (χ1v) is 6.49. The molecule has 6 nitrogen and oxygen atoms in total. The first-order valence-electron chi connectivity index (χ1n) is 6.49. The van der Waals surface area contributed by atoms with Gasteiger partial charge in [0.15, 0.2) is 17.3 Å². The van der Waals surface area contributed by atoms with E-state index in [0.717, 1.165) is 0 Å². The Morgan fingerprint density at radius 3 is 2.62 bits per heavy atom. The molecule has 0 saturated heterocycles. The van der Waals surface area contributed by atoms with Gasteiger partial charge in [-0.15, -0.1) is 0 Å². The summed E-state index contributed by atoms with van der Waals surface area (Å²) < 4.78 is 15.2. The van der Waals surface area contributed by atoms with Crippen LogP contribution in [0.25, 0.3) is 0 Å². The molecule has 1 aromatic rings. The first kappa shape index (κ1) is 16.5. The molecule has 0 unspecified atom stereocenters. The van der Waals surface area contributed by atoms with Crippen LogP contribution < -0.4 is 9.47 Å². The molecule has 0 saturated carbocycles. The maximum atomic E-state index is 11.6. The van der Waals surface area contributed by atoms with Crippen LogP contribution in [0.4, 0.5) is 0 Å². The van der Waals surface area contributed by atoms with Gasteiger partial charge >= 0.3 is 5.97 Å². The van der Waals surface area contributed by atoms with Crippen LogP contribution in [-0.4, -0.2) is 32.1 Å². The average molecular weight is 291 g/mol. The number of benzene rings is 1. The van der Waals surface area contributed by atoms with Gasteiger partial charge in [0.1, 0.15) is 6.61 Å². The Hall–Kier alpha value is -2.55. The van der Waals surface area contributed by atoms with E-state index in [1.54, 1.807) is 19.1 Å². The maximum absolute atomic E-state index is 11.6. The molecule has 0 aliphatic heterocycles. The first-order chi connectivity index (χ1) is 10.1. The highest BCUT2D eigenvalue weighted by Crippen LogP contribution is 2.27. The number of ketones is 1. The van der Waals surface area contributed by atoms with Crippen molar-refractivity contribution < 1.29 is 23.8 Å². The minimum atomic E-state index is -0.401. The van der Waals surface area contributed by atoms with Gasteiger partial charge in [0.25, 0.3) is 0 Å². The lowest BCUT2D eigenvalue weighted by Crippen LogP contribution is -2.14. The van der Waals surface area contributed by atoms with E-state index in [-0.39, 0.29) is 25.2 Å². The van der Waals surface area contributed by atoms with Crippen LogP contribution in [0.2, 0.25) is 0 Å². The largest absolute Gasteiger partial charge is 0.493 e. The van der Waals surface area contributed by atoms with Crippen molar-refractivity contribution in [2.75, 3.05) is 20.3 Å². The highest BCUT2D eigenvalue weighted by molar-refractivity contribution is 5.84. The lowest BCUT2D eigenvalue weighted by atomic mass is 10.2. The Balaban J connectivity index is 2.50. The highest BCUT2D eigenvalue weighted by atomic mass is 16.5. The molecule has 0 radical (unpaired) electrons. The van der Waals surface area contributed by atoms with Crippen LogP contribution in [0.3, 0.4) is 0 Å². The summed E-state index contributed by atoms with van der Waals surface area (Å²) in [5.74, 6) is 0.143. The highest BCUT2D eigenvalue weighted by Gasteiger charge is 2.11. The molecule has 112 valence electrons. The number of carbonyl (C=O) groups is 2. The maximum Gasteiger partial charge on any atom is 0.306 e. The van der Waals surface area contributed by atoms with E-state index in [1.165, 1.54) is 13.2 Å². The second-order valence-electron chi connectivity index (χ2n) is 4.11. The predicted molar refractivity (Wildman–Crippen MR) is 74.1 cm³/mol. The van der Waals surface area contributed by atoms with Gasteiger partial charge < -0.3 is 14.2 Å². The number of hydrogen-bond acceptors (Lipinski definition) is 6. The van der Waals surface area contributed by atoms with Crippen LogP contribution in [0, 0.1) is 11.3 Å². The zero-order valence-corrected chi connectivity index (χ0v) is 12.0. The molecular formula is C15H17NO5. The number of hydrogen-bond donors (Lipinski definition) is 0. The minimum Gasteiger partial charge on any atom is -0.493 e. The van der Waals surface area contributed by atoms with Crippen molar-refractivity contribution in [1.82, 2.24) is 0 Å². The molecule has 0 bridgehead atoms. The van der Waals surface area contributed by atoms with E-state index in [4.69, 9.17) is 19.5 Å². The molecule has 0 N–H and O–H groups in total. The molecule has 0 spiro atoms. The van der Waals surface area contributed by atoms with Crippen LogP contribution in [0.15, 0.2) is 18.2 Å². The van der Waals surface area contributed by atoms with Crippen LogP contribution in [0.1, 0.15) is 25.3 Å². The Kier molecular flexibility index (Phi) is 6.75. The summed E-state index contributed by atoms with van der Waals surface area (Å²) in [4.78, 5) is 22.7. The lowest BCUT2D eigenvalue weighted by Gasteiger charge is -2.10. The summed E-state index contributed by atoms with van der Waals surface area (Å²) in [7, 11) is 1.45. The topological polar surface area (TPSA) is 85.6 Å². The van der Waals surface area contributed by atoms with Gasteiger partial charge in [0, 0.05) is 12.5 Å². The molecule has 0 amide bonds.